The average molecular weight is 367 g/mol. The zero-order valence-electron chi connectivity index (χ0n) is 16.6. The van der Waals surface area contributed by atoms with Crippen LogP contribution in [0.2, 0.25) is 0 Å². The van der Waals surface area contributed by atoms with E-state index in [1.807, 2.05) is 43.9 Å². The molecule has 1 fully saturated rings. The van der Waals surface area contributed by atoms with Gasteiger partial charge in [0.25, 0.3) is 0 Å². The van der Waals surface area contributed by atoms with Crippen LogP contribution in [0.3, 0.4) is 0 Å². The summed E-state index contributed by atoms with van der Waals surface area (Å²) in [4.78, 5) is 28.0. The summed E-state index contributed by atoms with van der Waals surface area (Å²) in [5, 5.41) is 0. The zero-order valence-corrected chi connectivity index (χ0v) is 16.6. The molecule has 1 saturated heterocycles. The smallest absolute Gasteiger partial charge is 0.236 e. The third kappa shape index (κ3) is 4.83. The van der Waals surface area contributed by atoms with E-state index in [2.05, 4.69) is 38.0 Å². The van der Waals surface area contributed by atoms with E-state index in [0.29, 0.717) is 6.54 Å². The number of amides is 1. The Morgan fingerprint density at radius 3 is 2.33 bits per heavy atom. The number of hydrogen-bond donors (Lipinski definition) is 0. The predicted molar refractivity (Wildman–Crippen MR) is 109 cm³/mol. The van der Waals surface area contributed by atoms with Crippen molar-refractivity contribution in [1.82, 2.24) is 19.8 Å². The fourth-order valence-corrected chi connectivity index (χ4v) is 3.47. The first-order valence-corrected chi connectivity index (χ1v) is 9.77. The highest BCUT2D eigenvalue weighted by Crippen LogP contribution is 2.22. The molecule has 27 heavy (non-hydrogen) atoms. The molecule has 0 atom stereocenters. The number of piperazine rings is 1. The Morgan fingerprint density at radius 2 is 1.70 bits per heavy atom. The average Bonchev–Trinajstić information content (AvgIpc) is 2.70. The fourth-order valence-electron chi connectivity index (χ4n) is 3.47. The maximum absolute atomic E-state index is 12.3. The minimum Gasteiger partial charge on any atom is -0.354 e. The molecule has 6 nitrogen and oxygen atoms in total. The van der Waals surface area contributed by atoms with Crippen molar-refractivity contribution in [2.75, 3.05) is 50.7 Å². The maximum atomic E-state index is 12.3. The van der Waals surface area contributed by atoms with E-state index in [9.17, 15) is 4.79 Å². The van der Waals surface area contributed by atoms with E-state index < -0.39 is 0 Å². The largest absolute Gasteiger partial charge is 0.354 e. The standard InChI is InChI=1S/C21H29N5O/c1-4-25(5-2)21(27)16-24-11-13-26(14-12-24)20-15-19(22-17(3)23-20)18-9-7-6-8-10-18/h6-10,15H,4-5,11-14,16H2,1-3H3. The number of benzene rings is 1. The minimum atomic E-state index is 0.220. The molecule has 0 bridgehead atoms. The molecule has 1 amide bonds. The van der Waals surface area contributed by atoms with E-state index in [1.165, 1.54) is 0 Å². The maximum Gasteiger partial charge on any atom is 0.236 e. The molecule has 1 aromatic carbocycles. The zero-order chi connectivity index (χ0) is 19.2. The van der Waals surface area contributed by atoms with Gasteiger partial charge in [0.2, 0.25) is 5.91 Å². The third-order valence-electron chi connectivity index (χ3n) is 5.07. The molecular formula is C21H29N5O. The van der Waals surface area contributed by atoms with Gasteiger partial charge in [-0.3, -0.25) is 9.69 Å². The summed E-state index contributed by atoms with van der Waals surface area (Å²) in [6.45, 7) is 11.5. The molecule has 2 aromatic rings. The summed E-state index contributed by atoms with van der Waals surface area (Å²) >= 11 is 0. The predicted octanol–water partition coefficient (Wildman–Crippen LogP) is 2.44. The summed E-state index contributed by atoms with van der Waals surface area (Å²) in [6.07, 6.45) is 0. The van der Waals surface area contributed by atoms with E-state index >= 15 is 0 Å². The number of rotatable bonds is 6. The van der Waals surface area contributed by atoms with Gasteiger partial charge < -0.3 is 9.80 Å². The summed E-state index contributed by atoms with van der Waals surface area (Å²) in [5.41, 5.74) is 2.06. The molecule has 6 heteroatoms. The van der Waals surface area contributed by atoms with Crippen molar-refractivity contribution in [3.63, 3.8) is 0 Å². The van der Waals surface area contributed by atoms with Crippen LogP contribution in [0.15, 0.2) is 36.4 Å². The van der Waals surface area contributed by atoms with E-state index in [0.717, 1.165) is 62.2 Å². The van der Waals surface area contributed by atoms with Crippen LogP contribution in [0.4, 0.5) is 5.82 Å². The van der Waals surface area contributed by atoms with Gasteiger partial charge in [-0.2, -0.15) is 0 Å². The van der Waals surface area contributed by atoms with Crippen LogP contribution in [-0.4, -0.2) is 71.5 Å². The van der Waals surface area contributed by atoms with Gasteiger partial charge in [-0.15, -0.1) is 0 Å². The Kier molecular flexibility index (Phi) is 6.40. The molecule has 3 rings (SSSR count). The fraction of sp³-hybridized carbons (Fsp3) is 0.476. The molecule has 0 unspecified atom stereocenters. The molecule has 1 aromatic heterocycles. The molecule has 0 aliphatic carbocycles. The van der Waals surface area contributed by atoms with Gasteiger partial charge in [-0.25, -0.2) is 9.97 Å². The number of carbonyl (C=O) groups is 1. The van der Waals surface area contributed by atoms with Gasteiger partial charge in [0.1, 0.15) is 11.6 Å². The van der Waals surface area contributed by atoms with Gasteiger partial charge in [0, 0.05) is 50.9 Å². The molecule has 144 valence electrons. The highest BCUT2D eigenvalue weighted by molar-refractivity contribution is 5.78. The minimum absolute atomic E-state index is 0.220. The van der Waals surface area contributed by atoms with Crippen LogP contribution in [0, 0.1) is 6.92 Å². The van der Waals surface area contributed by atoms with Crippen molar-refractivity contribution in [2.45, 2.75) is 20.8 Å². The molecule has 1 aliphatic heterocycles. The lowest BCUT2D eigenvalue weighted by molar-refractivity contribution is -0.132. The van der Waals surface area contributed by atoms with Gasteiger partial charge >= 0.3 is 0 Å². The van der Waals surface area contributed by atoms with Crippen LogP contribution in [0.5, 0.6) is 0 Å². The van der Waals surface area contributed by atoms with Crippen molar-refractivity contribution in [3.8, 4) is 11.3 Å². The SMILES string of the molecule is CCN(CC)C(=O)CN1CCN(c2cc(-c3ccccc3)nc(C)n2)CC1. The van der Waals surface area contributed by atoms with E-state index in [1.54, 1.807) is 0 Å². The Bertz CT molecular complexity index is 752. The summed E-state index contributed by atoms with van der Waals surface area (Å²) in [6, 6.07) is 12.3. The van der Waals surface area contributed by atoms with Crippen molar-refractivity contribution >= 4 is 11.7 Å². The topological polar surface area (TPSA) is 52.6 Å². The van der Waals surface area contributed by atoms with Gasteiger partial charge in [-0.1, -0.05) is 30.3 Å². The molecule has 0 radical (unpaired) electrons. The highest BCUT2D eigenvalue weighted by atomic mass is 16.2. The Labute approximate surface area is 161 Å². The van der Waals surface area contributed by atoms with Crippen LogP contribution >= 0.6 is 0 Å². The first kappa shape index (κ1) is 19.3. The Morgan fingerprint density at radius 1 is 1.04 bits per heavy atom. The summed E-state index contributed by atoms with van der Waals surface area (Å²) < 4.78 is 0. The van der Waals surface area contributed by atoms with E-state index in [-0.39, 0.29) is 5.91 Å². The number of likely N-dealkylation sites (N-methyl/N-ethyl adjacent to an activating group) is 1. The summed E-state index contributed by atoms with van der Waals surface area (Å²) in [5.74, 6) is 1.97. The normalized spacial score (nSPS) is 15.0. The number of nitrogens with zero attached hydrogens (tertiary/aromatic N) is 5. The van der Waals surface area contributed by atoms with Gasteiger partial charge in [-0.05, 0) is 20.8 Å². The van der Waals surface area contributed by atoms with Crippen LogP contribution in [0.25, 0.3) is 11.3 Å². The number of carbonyl (C=O) groups excluding carboxylic acids is 1. The first-order chi connectivity index (χ1) is 13.1. The Hall–Kier alpha value is -2.47. The number of anilines is 1. The van der Waals surface area contributed by atoms with Gasteiger partial charge in [0.15, 0.2) is 0 Å². The lowest BCUT2D eigenvalue weighted by Gasteiger charge is -2.36. The highest BCUT2D eigenvalue weighted by Gasteiger charge is 2.22. The third-order valence-corrected chi connectivity index (χ3v) is 5.07. The molecular weight excluding hydrogens is 338 g/mol. The number of hydrogen-bond acceptors (Lipinski definition) is 5. The van der Waals surface area contributed by atoms with E-state index in [4.69, 9.17) is 0 Å². The van der Waals surface area contributed by atoms with Crippen molar-refractivity contribution < 1.29 is 4.79 Å². The molecule has 0 saturated carbocycles. The monoisotopic (exact) mass is 367 g/mol. The Balaban J connectivity index is 1.64. The second-order valence-corrected chi connectivity index (χ2v) is 6.85. The van der Waals surface area contributed by atoms with Crippen molar-refractivity contribution in [3.05, 3.63) is 42.2 Å². The van der Waals surface area contributed by atoms with Crippen LogP contribution < -0.4 is 4.90 Å². The molecule has 1 aliphatic rings. The molecule has 0 N–H and O–H groups in total. The van der Waals surface area contributed by atoms with Crippen LogP contribution in [0.1, 0.15) is 19.7 Å². The molecule has 0 spiro atoms. The number of aromatic nitrogens is 2. The first-order valence-electron chi connectivity index (χ1n) is 9.77. The number of aryl methyl sites for hydroxylation is 1. The quantitative estimate of drug-likeness (QED) is 0.785. The second-order valence-electron chi connectivity index (χ2n) is 6.85. The van der Waals surface area contributed by atoms with Crippen LogP contribution in [-0.2, 0) is 4.79 Å². The second kappa shape index (κ2) is 8.95. The summed E-state index contributed by atoms with van der Waals surface area (Å²) in [7, 11) is 0. The van der Waals surface area contributed by atoms with Crippen molar-refractivity contribution in [1.29, 1.82) is 0 Å². The molecule has 2 heterocycles. The van der Waals surface area contributed by atoms with Gasteiger partial charge in [0.05, 0.1) is 12.2 Å². The lowest BCUT2D eigenvalue weighted by atomic mass is 10.1. The van der Waals surface area contributed by atoms with Crippen molar-refractivity contribution in [2.24, 2.45) is 0 Å². The lowest BCUT2D eigenvalue weighted by Crippen LogP contribution is -2.50.